The highest BCUT2D eigenvalue weighted by Gasteiger charge is 2.35. The normalized spacial score (nSPS) is 19.7. The van der Waals surface area contributed by atoms with Gasteiger partial charge in [0.1, 0.15) is 17.4 Å². The van der Waals surface area contributed by atoms with Gasteiger partial charge in [0.2, 0.25) is 5.91 Å². The van der Waals surface area contributed by atoms with Crippen LogP contribution in [-0.4, -0.2) is 65.9 Å². The monoisotopic (exact) mass is 546 g/mol. The van der Waals surface area contributed by atoms with Crippen LogP contribution in [0.3, 0.4) is 0 Å². The molecule has 2 amide bonds. The number of carbonyl (C=O) groups is 2. The molecule has 3 N–H and O–H groups in total. The van der Waals surface area contributed by atoms with Crippen LogP contribution in [0.4, 0.5) is 4.39 Å². The number of nitrogens with one attached hydrogen (secondary N) is 2. The smallest absolute Gasteiger partial charge is 0.287 e. The SMILES string of the molecule is CC(C)CC(NC(=O)c1cc2cc(F)ccc2o1)C(=O)NC1CCCN(S(=O)(=O)c2ccccn2)C[C@@H]1O. The molecule has 1 aliphatic heterocycles. The molecule has 0 radical (unpaired) electrons. The van der Waals surface area contributed by atoms with Gasteiger partial charge in [-0.1, -0.05) is 19.9 Å². The fraction of sp³-hybridized carbons (Fsp3) is 0.423. The summed E-state index contributed by atoms with van der Waals surface area (Å²) in [5.41, 5.74) is 0.341. The first-order chi connectivity index (χ1) is 18.0. The van der Waals surface area contributed by atoms with Crippen LogP contribution >= 0.6 is 0 Å². The summed E-state index contributed by atoms with van der Waals surface area (Å²) in [5.74, 6) is -1.60. The Bertz CT molecular complexity index is 1400. The maximum Gasteiger partial charge on any atom is 0.287 e. The number of β-amino-alcohol motifs (C(OH)–C–C–N with tert-alkyl or cyclic N) is 1. The largest absolute Gasteiger partial charge is 0.451 e. The van der Waals surface area contributed by atoms with Gasteiger partial charge < -0.3 is 20.2 Å². The lowest BCUT2D eigenvalue weighted by Crippen LogP contribution is -2.54. The van der Waals surface area contributed by atoms with Crippen molar-refractivity contribution in [3.05, 3.63) is 60.2 Å². The highest BCUT2D eigenvalue weighted by Crippen LogP contribution is 2.22. The predicted molar refractivity (Wildman–Crippen MR) is 137 cm³/mol. The Hall–Kier alpha value is -3.35. The lowest BCUT2D eigenvalue weighted by Gasteiger charge is -2.27. The van der Waals surface area contributed by atoms with Gasteiger partial charge in [-0.05, 0) is 61.6 Å². The first kappa shape index (κ1) is 27.7. The third-order valence-corrected chi connectivity index (χ3v) is 8.16. The van der Waals surface area contributed by atoms with Gasteiger partial charge in [0.25, 0.3) is 15.9 Å². The molecular weight excluding hydrogens is 515 g/mol. The molecule has 1 fully saturated rings. The van der Waals surface area contributed by atoms with E-state index in [1.807, 2.05) is 13.8 Å². The van der Waals surface area contributed by atoms with Crippen molar-refractivity contribution in [2.24, 2.45) is 5.92 Å². The maximum atomic E-state index is 13.5. The molecule has 0 bridgehead atoms. The number of nitrogens with zero attached hydrogens (tertiary/aromatic N) is 2. The van der Waals surface area contributed by atoms with Crippen molar-refractivity contribution >= 4 is 32.8 Å². The minimum absolute atomic E-state index is 0.0499. The number of aromatic nitrogens is 1. The average Bonchev–Trinajstić information content (AvgIpc) is 3.21. The Kier molecular flexibility index (Phi) is 8.44. The Labute approximate surface area is 220 Å². The molecule has 3 aromatic rings. The number of hydrogen-bond donors (Lipinski definition) is 3. The van der Waals surface area contributed by atoms with Crippen molar-refractivity contribution in [2.75, 3.05) is 13.1 Å². The van der Waals surface area contributed by atoms with E-state index in [1.165, 1.54) is 40.8 Å². The number of fused-ring (bicyclic) bond motifs is 1. The maximum absolute atomic E-state index is 13.5. The van der Waals surface area contributed by atoms with Crippen LogP contribution in [0.2, 0.25) is 0 Å². The standard InChI is InChI=1S/C26H31FN4O6S/c1-16(2)12-20(30-26(34)23-14-17-13-18(27)8-9-22(17)37-23)25(33)29-19-6-5-11-31(15-21(19)32)38(35,36)24-7-3-4-10-28-24/h3-4,7-10,13-14,16,19-21,32H,5-6,11-12,15H2,1-2H3,(H,29,33)(H,30,34)/t19?,20?,21-/m0/s1. The minimum Gasteiger partial charge on any atom is -0.451 e. The number of aliphatic hydroxyl groups excluding tert-OH is 1. The first-order valence-corrected chi connectivity index (χ1v) is 13.9. The van der Waals surface area contributed by atoms with Gasteiger partial charge in [-0.3, -0.25) is 9.59 Å². The van der Waals surface area contributed by atoms with E-state index >= 15 is 0 Å². The van der Waals surface area contributed by atoms with E-state index in [9.17, 15) is 27.5 Å². The van der Waals surface area contributed by atoms with Gasteiger partial charge in [0.05, 0.1) is 12.1 Å². The molecule has 204 valence electrons. The molecule has 1 saturated heterocycles. The molecule has 3 heterocycles. The predicted octanol–water partition coefficient (Wildman–Crippen LogP) is 2.44. The van der Waals surface area contributed by atoms with E-state index < -0.39 is 45.8 Å². The van der Waals surface area contributed by atoms with E-state index in [-0.39, 0.29) is 29.8 Å². The number of hydrogen-bond acceptors (Lipinski definition) is 7. The number of benzene rings is 1. The number of carbonyl (C=O) groups excluding carboxylic acids is 2. The van der Waals surface area contributed by atoms with E-state index in [2.05, 4.69) is 15.6 Å². The summed E-state index contributed by atoms with van der Waals surface area (Å²) in [6, 6.07) is 8.23. The van der Waals surface area contributed by atoms with Gasteiger partial charge in [0, 0.05) is 24.7 Å². The highest BCUT2D eigenvalue weighted by molar-refractivity contribution is 7.89. The van der Waals surface area contributed by atoms with Crippen molar-refractivity contribution in [3.8, 4) is 0 Å². The van der Waals surface area contributed by atoms with Crippen molar-refractivity contribution in [3.63, 3.8) is 0 Å². The van der Waals surface area contributed by atoms with Crippen molar-refractivity contribution in [1.29, 1.82) is 0 Å². The van der Waals surface area contributed by atoms with Gasteiger partial charge in [-0.15, -0.1) is 0 Å². The molecule has 2 unspecified atom stereocenters. The van der Waals surface area contributed by atoms with Crippen LogP contribution in [0.15, 0.2) is 58.1 Å². The molecule has 10 nitrogen and oxygen atoms in total. The van der Waals surface area contributed by atoms with Crippen molar-refractivity contribution < 1.29 is 31.9 Å². The molecular formula is C26H31FN4O6S. The number of amides is 2. The number of sulfonamides is 1. The molecule has 0 spiro atoms. The molecule has 4 rings (SSSR count). The Balaban J connectivity index is 1.44. The molecule has 3 atom stereocenters. The van der Waals surface area contributed by atoms with E-state index in [1.54, 1.807) is 12.1 Å². The van der Waals surface area contributed by atoms with Crippen LogP contribution in [0.5, 0.6) is 0 Å². The fourth-order valence-electron chi connectivity index (χ4n) is 4.47. The lowest BCUT2D eigenvalue weighted by molar-refractivity contribution is -0.125. The number of furan rings is 1. The zero-order valence-electron chi connectivity index (χ0n) is 21.1. The van der Waals surface area contributed by atoms with Crippen LogP contribution in [0, 0.1) is 11.7 Å². The van der Waals surface area contributed by atoms with Crippen LogP contribution < -0.4 is 10.6 Å². The third kappa shape index (κ3) is 6.37. The fourth-order valence-corrected chi connectivity index (χ4v) is 5.90. The molecule has 0 aliphatic carbocycles. The Morgan fingerprint density at radius 2 is 2.03 bits per heavy atom. The molecule has 0 saturated carbocycles. The van der Waals surface area contributed by atoms with Crippen molar-refractivity contribution in [1.82, 2.24) is 19.9 Å². The summed E-state index contributed by atoms with van der Waals surface area (Å²) >= 11 is 0. The Morgan fingerprint density at radius 3 is 2.74 bits per heavy atom. The summed E-state index contributed by atoms with van der Waals surface area (Å²) < 4.78 is 46.1. The minimum atomic E-state index is -3.90. The first-order valence-electron chi connectivity index (χ1n) is 12.4. The lowest BCUT2D eigenvalue weighted by atomic mass is 10.0. The number of rotatable bonds is 8. The van der Waals surface area contributed by atoms with Crippen LogP contribution in [0.1, 0.15) is 43.7 Å². The quantitative estimate of drug-likeness (QED) is 0.394. The second kappa shape index (κ2) is 11.6. The second-order valence-electron chi connectivity index (χ2n) is 9.80. The number of halogens is 1. The zero-order chi connectivity index (χ0) is 27.4. The highest BCUT2D eigenvalue weighted by atomic mass is 32.2. The third-order valence-electron chi connectivity index (χ3n) is 6.38. The molecule has 2 aromatic heterocycles. The summed E-state index contributed by atoms with van der Waals surface area (Å²) in [7, 11) is -3.90. The van der Waals surface area contributed by atoms with Gasteiger partial charge in [-0.2, -0.15) is 4.31 Å². The molecule has 1 aromatic carbocycles. The van der Waals surface area contributed by atoms with E-state index in [0.29, 0.717) is 30.2 Å². The zero-order valence-corrected chi connectivity index (χ0v) is 21.9. The summed E-state index contributed by atoms with van der Waals surface area (Å²) in [6.45, 7) is 3.76. The van der Waals surface area contributed by atoms with Crippen LogP contribution in [0.25, 0.3) is 11.0 Å². The molecule has 1 aliphatic rings. The van der Waals surface area contributed by atoms with E-state index in [0.717, 1.165) is 0 Å². The van der Waals surface area contributed by atoms with Gasteiger partial charge in [0.15, 0.2) is 10.8 Å². The Morgan fingerprint density at radius 1 is 1.24 bits per heavy atom. The average molecular weight is 547 g/mol. The summed E-state index contributed by atoms with van der Waals surface area (Å²) in [6.07, 6.45) is 1.29. The van der Waals surface area contributed by atoms with E-state index in [4.69, 9.17) is 4.42 Å². The second-order valence-corrected chi connectivity index (χ2v) is 11.7. The number of pyridine rings is 1. The molecule has 38 heavy (non-hydrogen) atoms. The topological polar surface area (TPSA) is 142 Å². The summed E-state index contributed by atoms with van der Waals surface area (Å²) in [5, 5.41) is 16.6. The van der Waals surface area contributed by atoms with Gasteiger partial charge >= 0.3 is 0 Å². The van der Waals surface area contributed by atoms with Crippen molar-refractivity contribution in [2.45, 2.75) is 56.3 Å². The van der Waals surface area contributed by atoms with Gasteiger partial charge in [-0.25, -0.2) is 17.8 Å². The molecule has 12 heteroatoms. The van der Waals surface area contributed by atoms with Crippen LogP contribution in [-0.2, 0) is 14.8 Å². The number of aliphatic hydroxyl groups is 1. The summed E-state index contributed by atoms with van der Waals surface area (Å²) in [4.78, 5) is 30.0.